The molecule has 5 heteroatoms. The Morgan fingerprint density at radius 3 is 2.70 bits per heavy atom. The van der Waals surface area contributed by atoms with Gasteiger partial charge in [-0.1, -0.05) is 18.3 Å². The first-order valence-electron chi connectivity index (χ1n) is 6.49. The maximum Gasteiger partial charge on any atom is 0.0745 e. The van der Waals surface area contributed by atoms with E-state index in [4.69, 9.17) is 18.0 Å². The molecule has 4 nitrogen and oxygen atoms in total. The van der Waals surface area contributed by atoms with Crippen molar-refractivity contribution < 1.29 is 0 Å². The Morgan fingerprint density at radius 2 is 2.05 bits per heavy atom. The molecule has 2 heterocycles. The van der Waals surface area contributed by atoms with Crippen LogP contribution in [0.3, 0.4) is 0 Å². The van der Waals surface area contributed by atoms with Crippen LogP contribution in [-0.4, -0.2) is 21.5 Å². The van der Waals surface area contributed by atoms with Crippen LogP contribution >= 0.6 is 12.2 Å². The Morgan fingerprint density at radius 1 is 1.25 bits per heavy atom. The predicted molar refractivity (Wildman–Crippen MR) is 85.7 cm³/mol. The van der Waals surface area contributed by atoms with Crippen molar-refractivity contribution >= 4 is 22.9 Å². The fourth-order valence-electron chi connectivity index (χ4n) is 2.06. The summed E-state index contributed by atoms with van der Waals surface area (Å²) in [5.74, 6) is 0. The highest BCUT2D eigenvalue weighted by Crippen LogP contribution is 2.20. The van der Waals surface area contributed by atoms with E-state index in [-0.39, 0.29) is 0 Å². The Hall–Kier alpha value is -2.01. The zero-order chi connectivity index (χ0) is 14.4. The molecule has 2 aromatic heterocycles. The summed E-state index contributed by atoms with van der Waals surface area (Å²) in [4.78, 5) is 11.1. The van der Waals surface area contributed by atoms with Gasteiger partial charge in [0.1, 0.15) is 0 Å². The third kappa shape index (κ3) is 3.99. The zero-order valence-electron chi connectivity index (χ0n) is 11.5. The number of pyridine rings is 2. The Labute approximate surface area is 124 Å². The van der Waals surface area contributed by atoms with Gasteiger partial charge in [-0.15, -0.1) is 0 Å². The van der Waals surface area contributed by atoms with Gasteiger partial charge in [-0.05, 0) is 30.2 Å². The largest absolute Gasteiger partial charge is 0.393 e. The third-order valence-electron chi connectivity index (χ3n) is 3.06. The van der Waals surface area contributed by atoms with E-state index in [1.807, 2.05) is 24.5 Å². The number of nitrogens with zero attached hydrogens (tertiary/aromatic N) is 3. The van der Waals surface area contributed by atoms with Crippen LogP contribution in [0.1, 0.15) is 17.5 Å². The van der Waals surface area contributed by atoms with Gasteiger partial charge in [0.2, 0.25) is 0 Å². The molecule has 0 aliphatic heterocycles. The minimum atomic E-state index is 0.535. The molecule has 0 bridgehead atoms. The SMILES string of the molecule is Cc1cnccc1N(CCC(N)=S)Cc1cccnc1. The van der Waals surface area contributed by atoms with Crippen LogP contribution in [0, 0.1) is 6.92 Å². The van der Waals surface area contributed by atoms with Crippen molar-refractivity contribution in [2.45, 2.75) is 19.9 Å². The Bertz CT molecular complexity index is 571. The van der Waals surface area contributed by atoms with E-state index < -0.39 is 0 Å². The molecule has 0 spiro atoms. The lowest BCUT2D eigenvalue weighted by Crippen LogP contribution is -2.27. The zero-order valence-corrected chi connectivity index (χ0v) is 12.3. The van der Waals surface area contributed by atoms with E-state index in [9.17, 15) is 0 Å². The first-order valence-corrected chi connectivity index (χ1v) is 6.90. The second-order valence-corrected chi connectivity index (χ2v) is 5.19. The number of rotatable bonds is 6. The van der Waals surface area contributed by atoms with Crippen LogP contribution in [-0.2, 0) is 6.54 Å². The van der Waals surface area contributed by atoms with Crippen LogP contribution < -0.4 is 10.6 Å². The van der Waals surface area contributed by atoms with Crippen molar-refractivity contribution in [2.24, 2.45) is 5.73 Å². The molecule has 0 fully saturated rings. The average molecular weight is 286 g/mol. The van der Waals surface area contributed by atoms with Crippen molar-refractivity contribution in [3.05, 3.63) is 54.1 Å². The summed E-state index contributed by atoms with van der Waals surface area (Å²) in [5, 5.41) is 0. The van der Waals surface area contributed by atoms with Crippen molar-refractivity contribution in [3.63, 3.8) is 0 Å². The average Bonchev–Trinajstić information content (AvgIpc) is 2.45. The van der Waals surface area contributed by atoms with Crippen molar-refractivity contribution in [2.75, 3.05) is 11.4 Å². The summed E-state index contributed by atoms with van der Waals surface area (Å²) >= 11 is 4.99. The van der Waals surface area contributed by atoms with Gasteiger partial charge in [-0.3, -0.25) is 9.97 Å². The molecule has 0 saturated carbocycles. The number of anilines is 1. The highest BCUT2D eigenvalue weighted by atomic mass is 32.1. The van der Waals surface area contributed by atoms with E-state index in [2.05, 4.69) is 27.9 Å². The van der Waals surface area contributed by atoms with Crippen LogP contribution in [0.2, 0.25) is 0 Å². The monoisotopic (exact) mass is 286 g/mol. The molecule has 0 atom stereocenters. The lowest BCUT2D eigenvalue weighted by atomic mass is 10.2. The molecule has 0 saturated heterocycles. The van der Waals surface area contributed by atoms with Gasteiger partial charge in [0, 0.05) is 50.0 Å². The normalized spacial score (nSPS) is 10.2. The summed E-state index contributed by atoms with van der Waals surface area (Å²) in [5.41, 5.74) is 9.08. The van der Waals surface area contributed by atoms with Gasteiger partial charge in [0.05, 0.1) is 4.99 Å². The number of hydrogen-bond acceptors (Lipinski definition) is 4. The molecule has 0 aliphatic rings. The molecule has 0 amide bonds. The minimum Gasteiger partial charge on any atom is -0.393 e. The smallest absolute Gasteiger partial charge is 0.0745 e. The molecule has 0 unspecified atom stereocenters. The van der Waals surface area contributed by atoms with Crippen molar-refractivity contribution in [1.29, 1.82) is 0 Å². The van der Waals surface area contributed by atoms with Gasteiger partial charge in [-0.25, -0.2) is 0 Å². The fraction of sp³-hybridized carbons (Fsp3) is 0.267. The third-order valence-corrected chi connectivity index (χ3v) is 3.26. The standard InChI is InChI=1S/C15H18N4S/c1-12-9-18-7-4-14(12)19(8-5-15(16)20)11-13-3-2-6-17-10-13/h2-4,6-7,9-10H,5,8,11H2,1H3,(H2,16,20). The van der Waals surface area contributed by atoms with E-state index in [1.54, 1.807) is 12.4 Å². The van der Waals surface area contributed by atoms with E-state index in [1.165, 1.54) is 0 Å². The van der Waals surface area contributed by atoms with Crippen LogP contribution in [0.4, 0.5) is 5.69 Å². The predicted octanol–water partition coefficient (Wildman–Crippen LogP) is 2.47. The van der Waals surface area contributed by atoms with Crippen molar-refractivity contribution in [3.8, 4) is 0 Å². The van der Waals surface area contributed by atoms with Gasteiger partial charge >= 0.3 is 0 Å². The molecular weight excluding hydrogens is 268 g/mol. The summed E-state index contributed by atoms with van der Waals surface area (Å²) < 4.78 is 0. The summed E-state index contributed by atoms with van der Waals surface area (Å²) in [6, 6.07) is 6.03. The molecule has 0 radical (unpaired) electrons. The summed E-state index contributed by atoms with van der Waals surface area (Å²) in [6.07, 6.45) is 8.02. The van der Waals surface area contributed by atoms with Crippen LogP contribution in [0.15, 0.2) is 43.0 Å². The molecule has 104 valence electrons. The Balaban J connectivity index is 2.20. The molecule has 2 rings (SSSR count). The molecular formula is C15H18N4S. The quantitative estimate of drug-likeness (QED) is 0.827. The van der Waals surface area contributed by atoms with Crippen molar-refractivity contribution in [1.82, 2.24) is 9.97 Å². The number of thiocarbonyl (C=S) groups is 1. The highest BCUT2D eigenvalue weighted by Gasteiger charge is 2.10. The van der Waals surface area contributed by atoms with E-state index >= 15 is 0 Å². The molecule has 20 heavy (non-hydrogen) atoms. The van der Waals surface area contributed by atoms with Gasteiger partial charge in [-0.2, -0.15) is 0 Å². The van der Waals surface area contributed by atoms with Gasteiger partial charge < -0.3 is 10.6 Å². The second-order valence-electron chi connectivity index (χ2n) is 4.66. The van der Waals surface area contributed by atoms with Gasteiger partial charge in [0.15, 0.2) is 0 Å². The topological polar surface area (TPSA) is 55.0 Å². The fourth-order valence-corrected chi connectivity index (χ4v) is 2.15. The second kappa shape index (κ2) is 6.96. The molecule has 0 aromatic carbocycles. The summed E-state index contributed by atoms with van der Waals surface area (Å²) in [6.45, 7) is 3.62. The number of nitrogens with two attached hydrogens (primary N) is 1. The first-order chi connectivity index (χ1) is 9.66. The first kappa shape index (κ1) is 14.4. The molecule has 0 aliphatic carbocycles. The van der Waals surface area contributed by atoms with Crippen LogP contribution in [0.5, 0.6) is 0 Å². The summed E-state index contributed by atoms with van der Waals surface area (Å²) in [7, 11) is 0. The number of hydrogen-bond donors (Lipinski definition) is 1. The Kier molecular flexibility index (Phi) is 5.01. The van der Waals surface area contributed by atoms with E-state index in [0.29, 0.717) is 11.4 Å². The number of aryl methyl sites for hydroxylation is 1. The maximum absolute atomic E-state index is 5.63. The maximum atomic E-state index is 5.63. The highest BCUT2D eigenvalue weighted by molar-refractivity contribution is 7.80. The lowest BCUT2D eigenvalue weighted by Gasteiger charge is -2.26. The van der Waals surface area contributed by atoms with E-state index in [0.717, 1.165) is 29.9 Å². The van der Waals surface area contributed by atoms with Gasteiger partial charge in [0.25, 0.3) is 0 Å². The molecule has 2 N–H and O–H groups in total. The van der Waals surface area contributed by atoms with Crippen LogP contribution in [0.25, 0.3) is 0 Å². The molecule has 2 aromatic rings. The minimum absolute atomic E-state index is 0.535. The number of aromatic nitrogens is 2. The lowest BCUT2D eigenvalue weighted by molar-refractivity contribution is 0.799.